The predicted molar refractivity (Wildman–Crippen MR) is 255 cm³/mol. The Balaban J connectivity index is 0.000000242. The molecular formula is C54H72N6Ru+2. The average molecular weight is 906 g/mol. The van der Waals surface area contributed by atoms with E-state index in [0.29, 0.717) is 0 Å². The van der Waals surface area contributed by atoms with Gasteiger partial charge in [0.05, 0.1) is 34.2 Å². The SMILES string of the molecule is CC(C)(C)c1ccnc(-c2cc(C(C)(C)C)ccn2)c1.CC(C)(C)c1ccnc(-c2cc(C(C)(C)C)ccn2)c1.CC(C)(C)c1ccnc(-c2cc(C(C)(C)C)ccn2)c1.[Ru+2]. The molecule has 61 heavy (non-hydrogen) atoms. The summed E-state index contributed by atoms with van der Waals surface area (Å²) in [5.41, 5.74) is 14.1. The van der Waals surface area contributed by atoms with Gasteiger partial charge in [-0.3, -0.25) is 29.9 Å². The second kappa shape index (κ2) is 19.7. The van der Waals surface area contributed by atoms with Gasteiger partial charge < -0.3 is 0 Å². The van der Waals surface area contributed by atoms with Crippen LogP contribution in [0.25, 0.3) is 34.2 Å². The third-order valence-electron chi connectivity index (χ3n) is 10.5. The largest absolute Gasteiger partial charge is 2.00 e. The van der Waals surface area contributed by atoms with Crippen LogP contribution in [-0.2, 0) is 52.0 Å². The maximum absolute atomic E-state index is 4.48. The average Bonchev–Trinajstić information content (AvgIpc) is 3.17. The van der Waals surface area contributed by atoms with Gasteiger partial charge in [-0.1, -0.05) is 125 Å². The van der Waals surface area contributed by atoms with Crippen LogP contribution in [0.3, 0.4) is 0 Å². The van der Waals surface area contributed by atoms with Crippen molar-refractivity contribution in [3.05, 3.63) is 143 Å². The minimum absolute atomic E-state index is 0. The molecule has 6 heterocycles. The van der Waals surface area contributed by atoms with E-state index in [1.54, 1.807) is 0 Å². The summed E-state index contributed by atoms with van der Waals surface area (Å²) >= 11 is 0. The maximum atomic E-state index is 4.48. The van der Waals surface area contributed by atoms with E-state index in [1.165, 1.54) is 33.4 Å². The van der Waals surface area contributed by atoms with Crippen LogP contribution in [0.4, 0.5) is 0 Å². The molecule has 0 N–H and O–H groups in total. The summed E-state index contributed by atoms with van der Waals surface area (Å²) in [4.78, 5) is 26.9. The number of hydrogen-bond acceptors (Lipinski definition) is 6. The first-order valence-corrected chi connectivity index (χ1v) is 21.3. The zero-order chi connectivity index (χ0) is 44.9. The second-order valence-corrected chi connectivity index (χ2v) is 22.1. The molecule has 0 atom stereocenters. The first-order chi connectivity index (χ1) is 27.5. The Labute approximate surface area is 382 Å². The van der Waals surface area contributed by atoms with Crippen molar-refractivity contribution < 1.29 is 19.5 Å². The summed E-state index contributed by atoms with van der Waals surface area (Å²) in [6.07, 6.45) is 11.3. The molecule has 6 nitrogen and oxygen atoms in total. The minimum Gasteiger partial charge on any atom is -0.255 e. The normalized spacial score (nSPS) is 12.3. The van der Waals surface area contributed by atoms with E-state index >= 15 is 0 Å². The van der Waals surface area contributed by atoms with Crippen molar-refractivity contribution in [2.75, 3.05) is 0 Å². The molecule has 6 aromatic heterocycles. The van der Waals surface area contributed by atoms with Gasteiger partial charge in [0, 0.05) is 37.2 Å². The van der Waals surface area contributed by atoms with Gasteiger partial charge in [0.2, 0.25) is 0 Å². The van der Waals surface area contributed by atoms with Crippen molar-refractivity contribution >= 4 is 0 Å². The van der Waals surface area contributed by atoms with Gasteiger partial charge in [-0.25, -0.2) is 0 Å². The van der Waals surface area contributed by atoms with E-state index < -0.39 is 0 Å². The number of aromatic nitrogens is 6. The minimum atomic E-state index is 0. The van der Waals surface area contributed by atoms with Crippen LogP contribution in [0.15, 0.2) is 110 Å². The van der Waals surface area contributed by atoms with E-state index in [4.69, 9.17) is 0 Å². The Morgan fingerprint density at radius 1 is 0.230 bits per heavy atom. The third kappa shape index (κ3) is 14.8. The van der Waals surface area contributed by atoms with E-state index in [0.717, 1.165) is 34.2 Å². The summed E-state index contributed by atoms with van der Waals surface area (Å²) in [5.74, 6) is 0. The van der Waals surface area contributed by atoms with Crippen LogP contribution >= 0.6 is 0 Å². The van der Waals surface area contributed by atoms with Crippen LogP contribution in [0.2, 0.25) is 0 Å². The van der Waals surface area contributed by atoms with Crippen molar-refractivity contribution in [2.45, 2.75) is 157 Å². The first kappa shape index (κ1) is 50.9. The summed E-state index contributed by atoms with van der Waals surface area (Å²) in [6.45, 7) is 39.8. The van der Waals surface area contributed by atoms with Gasteiger partial charge in [-0.15, -0.1) is 0 Å². The smallest absolute Gasteiger partial charge is 0.255 e. The van der Waals surface area contributed by atoms with Gasteiger partial charge in [0.25, 0.3) is 0 Å². The molecular weight excluding hydrogens is 834 g/mol. The molecule has 0 amide bonds. The molecule has 0 spiro atoms. The molecule has 6 aromatic rings. The van der Waals surface area contributed by atoms with Crippen molar-refractivity contribution in [3.8, 4) is 34.2 Å². The molecule has 0 aliphatic carbocycles. The number of pyridine rings is 6. The zero-order valence-corrected chi connectivity index (χ0v) is 42.2. The van der Waals surface area contributed by atoms with E-state index in [9.17, 15) is 0 Å². The zero-order valence-electron chi connectivity index (χ0n) is 40.4. The Morgan fingerprint density at radius 2 is 0.344 bits per heavy atom. The van der Waals surface area contributed by atoms with E-state index in [1.807, 2.05) is 37.2 Å². The molecule has 7 heteroatoms. The maximum Gasteiger partial charge on any atom is 2.00 e. The molecule has 6 rings (SSSR count). The molecule has 0 unspecified atom stereocenters. The quantitative estimate of drug-likeness (QED) is 0.165. The Morgan fingerprint density at radius 3 is 0.443 bits per heavy atom. The topological polar surface area (TPSA) is 77.3 Å². The van der Waals surface area contributed by atoms with Crippen LogP contribution in [0.5, 0.6) is 0 Å². The molecule has 0 aromatic carbocycles. The fourth-order valence-corrected chi connectivity index (χ4v) is 6.22. The van der Waals surface area contributed by atoms with Gasteiger partial charge in [0.15, 0.2) is 0 Å². The Kier molecular flexibility index (Phi) is 16.4. The Hall–Kier alpha value is -4.48. The summed E-state index contributed by atoms with van der Waals surface area (Å²) in [5, 5.41) is 0. The van der Waals surface area contributed by atoms with Gasteiger partial charge in [0.1, 0.15) is 0 Å². The molecule has 0 bridgehead atoms. The summed E-state index contributed by atoms with van der Waals surface area (Å²) < 4.78 is 0. The molecule has 0 aliphatic rings. The summed E-state index contributed by atoms with van der Waals surface area (Å²) in [6, 6.07) is 25.4. The van der Waals surface area contributed by atoms with Gasteiger partial charge in [-0.05, 0) is 139 Å². The fourth-order valence-electron chi connectivity index (χ4n) is 6.22. The van der Waals surface area contributed by atoms with Crippen molar-refractivity contribution in [1.29, 1.82) is 0 Å². The Bertz CT molecular complexity index is 1910. The molecule has 0 saturated carbocycles. The van der Waals surface area contributed by atoms with Crippen LogP contribution in [0, 0.1) is 0 Å². The van der Waals surface area contributed by atoms with Crippen molar-refractivity contribution in [1.82, 2.24) is 29.9 Å². The monoisotopic (exact) mass is 906 g/mol. The summed E-state index contributed by atoms with van der Waals surface area (Å²) in [7, 11) is 0. The van der Waals surface area contributed by atoms with Crippen molar-refractivity contribution in [3.63, 3.8) is 0 Å². The van der Waals surface area contributed by atoms with Crippen LogP contribution in [0.1, 0.15) is 158 Å². The fraction of sp³-hybridized carbons (Fsp3) is 0.444. The molecule has 0 saturated heterocycles. The predicted octanol–water partition coefficient (Wildman–Crippen LogP) is 14.2. The number of nitrogens with zero attached hydrogens (tertiary/aromatic N) is 6. The van der Waals surface area contributed by atoms with E-state index in [2.05, 4.69) is 227 Å². The molecule has 0 fully saturated rings. The van der Waals surface area contributed by atoms with Crippen LogP contribution < -0.4 is 0 Å². The first-order valence-electron chi connectivity index (χ1n) is 21.3. The second-order valence-electron chi connectivity index (χ2n) is 22.1. The van der Waals surface area contributed by atoms with Gasteiger partial charge in [-0.2, -0.15) is 0 Å². The number of hydrogen-bond donors (Lipinski definition) is 0. The third-order valence-corrected chi connectivity index (χ3v) is 10.5. The molecule has 324 valence electrons. The molecule has 0 radical (unpaired) electrons. The number of rotatable bonds is 3. The van der Waals surface area contributed by atoms with Crippen molar-refractivity contribution in [2.24, 2.45) is 0 Å². The van der Waals surface area contributed by atoms with Gasteiger partial charge >= 0.3 is 19.5 Å². The van der Waals surface area contributed by atoms with Crippen LogP contribution in [-0.4, -0.2) is 29.9 Å². The standard InChI is InChI=1S/3C18H24N2.Ru/c3*1-17(2,3)13-7-9-19-15(11-13)16-12-14(8-10-20-16)18(4,5)6;/h3*7-12H,1-6H3;/q;;;+2. The van der Waals surface area contributed by atoms with E-state index in [-0.39, 0.29) is 52.0 Å². The molecule has 0 aliphatic heterocycles.